The molecule has 0 spiro atoms. The molecule has 0 atom stereocenters. The van der Waals surface area contributed by atoms with Crippen LogP contribution in [0.25, 0.3) is 11.4 Å². The number of benzene rings is 1. The van der Waals surface area contributed by atoms with E-state index in [1.807, 2.05) is 13.0 Å². The maximum absolute atomic E-state index is 8.65. The zero-order valence-corrected chi connectivity index (χ0v) is 12.5. The van der Waals surface area contributed by atoms with Crippen molar-refractivity contribution in [2.45, 2.75) is 20.3 Å². The molecular weight excluding hydrogens is 290 g/mol. The number of ether oxygens (including phenoxy) is 1. The molecule has 1 heterocycles. The van der Waals surface area contributed by atoms with Gasteiger partial charge in [0.25, 0.3) is 0 Å². The van der Waals surface area contributed by atoms with E-state index in [0.717, 1.165) is 12.0 Å². The highest BCUT2D eigenvalue weighted by atomic mass is 35.5. The summed E-state index contributed by atoms with van der Waals surface area (Å²) in [5.74, 6) is 1.62. The van der Waals surface area contributed by atoms with E-state index in [9.17, 15) is 0 Å². The standard InChI is InChI=1S/C14H14ClN5O/c1-3-9-6-11(15)10(7-12(9)21-5-4-16)13-18-8(2)19-14(17)20-13/h6-7H,3,5H2,1-2H3,(H2,17,18,19,20). The van der Waals surface area contributed by atoms with E-state index < -0.39 is 0 Å². The molecule has 6 nitrogen and oxygen atoms in total. The van der Waals surface area contributed by atoms with Gasteiger partial charge in [0.15, 0.2) is 12.4 Å². The number of nitriles is 1. The molecular formula is C14H14ClN5O. The van der Waals surface area contributed by atoms with E-state index in [1.165, 1.54) is 0 Å². The SMILES string of the molecule is CCc1cc(Cl)c(-c2nc(C)nc(N)n2)cc1OCC#N. The lowest BCUT2D eigenvalue weighted by atomic mass is 10.1. The Morgan fingerprint density at radius 3 is 2.71 bits per heavy atom. The van der Waals surface area contributed by atoms with Gasteiger partial charge in [0.1, 0.15) is 17.6 Å². The van der Waals surface area contributed by atoms with Gasteiger partial charge in [-0.1, -0.05) is 18.5 Å². The summed E-state index contributed by atoms with van der Waals surface area (Å²) in [6.45, 7) is 3.67. The van der Waals surface area contributed by atoms with E-state index in [4.69, 9.17) is 27.3 Å². The topological polar surface area (TPSA) is 97.7 Å². The molecule has 0 fully saturated rings. The third-order valence-corrected chi connectivity index (χ3v) is 3.14. The molecule has 21 heavy (non-hydrogen) atoms. The number of halogens is 1. The molecule has 0 aliphatic heterocycles. The summed E-state index contributed by atoms with van der Waals surface area (Å²) in [7, 11) is 0. The molecule has 108 valence electrons. The minimum atomic E-state index is -0.0353. The average Bonchev–Trinajstić information content (AvgIpc) is 2.44. The third-order valence-electron chi connectivity index (χ3n) is 2.83. The van der Waals surface area contributed by atoms with Crippen LogP contribution in [0.3, 0.4) is 0 Å². The Kier molecular flexibility index (Phi) is 4.55. The molecule has 2 aromatic rings. The fourth-order valence-electron chi connectivity index (χ4n) is 1.91. The molecule has 0 unspecified atom stereocenters. The molecule has 0 saturated heterocycles. The molecule has 7 heteroatoms. The van der Waals surface area contributed by atoms with Gasteiger partial charge in [-0.05, 0) is 31.0 Å². The highest BCUT2D eigenvalue weighted by Crippen LogP contribution is 2.33. The number of anilines is 1. The van der Waals surface area contributed by atoms with Gasteiger partial charge in [-0.3, -0.25) is 0 Å². The van der Waals surface area contributed by atoms with Crippen molar-refractivity contribution in [3.63, 3.8) is 0 Å². The minimum absolute atomic E-state index is 0.0353. The van der Waals surface area contributed by atoms with E-state index >= 15 is 0 Å². The lowest BCUT2D eigenvalue weighted by Gasteiger charge is -2.12. The Hall–Kier alpha value is -2.39. The molecule has 1 aromatic heterocycles. The molecule has 0 bridgehead atoms. The van der Waals surface area contributed by atoms with Crippen molar-refractivity contribution in [2.75, 3.05) is 12.3 Å². The first-order valence-corrected chi connectivity index (χ1v) is 6.73. The van der Waals surface area contributed by atoms with Gasteiger partial charge < -0.3 is 10.5 Å². The molecule has 2 rings (SSSR count). The number of rotatable bonds is 4. The van der Waals surface area contributed by atoms with Crippen LogP contribution in [0.1, 0.15) is 18.3 Å². The van der Waals surface area contributed by atoms with Crippen LogP contribution >= 0.6 is 11.6 Å². The molecule has 1 aromatic carbocycles. The van der Waals surface area contributed by atoms with Crippen molar-refractivity contribution < 1.29 is 4.74 Å². The summed E-state index contributed by atoms with van der Waals surface area (Å²) in [4.78, 5) is 12.3. The Morgan fingerprint density at radius 1 is 1.33 bits per heavy atom. The molecule has 2 N–H and O–H groups in total. The van der Waals surface area contributed by atoms with E-state index in [-0.39, 0.29) is 12.6 Å². The van der Waals surface area contributed by atoms with Crippen LogP contribution in [-0.4, -0.2) is 21.6 Å². The van der Waals surface area contributed by atoms with Crippen molar-refractivity contribution in [3.8, 4) is 23.2 Å². The Balaban J connectivity index is 2.55. The lowest BCUT2D eigenvalue weighted by Crippen LogP contribution is -2.03. The summed E-state index contributed by atoms with van der Waals surface area (Å²) in [6.07, 6.45) is 0.735. The van der Waals surface area contributed by atoms with Crippen LogP contribution in [-0.2, 0) is 6.42 Å². The van der Waals surface area contributed by atoms with Gasteiger partial charge in [0.05, 0.1) is 5.02 Å². The summed E-state index contributed by atoms with van der Waals surface area (Å²) in [5, 5.41) is 9.16. The summed E-state index contributed by atoms with van der Waals surface area (Å²) in [6, 6.07) is 5.46. The second-order valence-electron chi connectivity index (χ2n) is 4.30. The third kappa shape index (κ3) is 3.38. The lowest BCUT2D eigenvalue weighted by molar-refractivity contribution is 0.364. The number of hydrogen-bond acceptors (Lipinski definition) is 6. The van der Waals surface area contributed by atoms with Crippen molar-refractivity contribution in [1.29, 1.82) is 5.26 Å². The molecule has 0 aliphatic carbocycles. The molecule has 0 saturated carbocycles. The van der Waals surface area contributed by atoms with Crippen LogP contribution in [0.5, 0.6) is 5.75 Å². The predicted molar refractivity (Wildman–Crippen MR) is 79.9 cm³/mol. The van der Waals surface area contributed by atoms with Gasteiger partial charge in [-0.15, -0.1) is 0 Å². The largest absolute Gasteiger partial charge is 0.478 e. The maximum Gasteiger partial charge on any atom is 0.223 e. The highest BCUT2D eigenvalue weighted by Gasteiger charge is 2.14. The fourth-order valence-corrected chi connectivity index (χ4v) is 2.18. The molecule has 0 radical (unpaired) electrons. The zero-order chi connectivity index (χ0) is 15.4. The maximum atomic E-state index is 8.65. The number of aromatic nitrogens is 3. The smallest absolute Gasteiger partial charge is 0.223 e. The summed E-state index contributed by atoms with van der Waals surface area (Å²) >= 11 is 6.29. The van der Waals surface area contributed by atoms with Gasteiger partial charge >= 0.3 is 0 Å². The van der Waals surface area contributed by atoms with Crippen LogP contribution in [0.2, 0.25) is 5.02 Å². The van der Waals surface area contributed by atoms with Crippen molar-refractivity contribution in [3.05, 3.63) is 28.5 Å². The number of aryl methyl sites for hydroxylation is 2. The predicted octanol–water partition coefficient (Wildman–Crippen LogP) is 2.55. The normalized spacial score (nSPS) is 10.2. The Bertz CT molecular complexity index is 691. The Morgan fingerprint density at radius 2 is 2.10 bits per heavy atom. The first-order valence-electron chi connectivity index (χ1n) is 6.35. The number of nitrogen functional groups attached to an aromatic ring is 1. The monoisotopic (exact) mass is 303 g/mol. The quantitative estimate of drug-likeness (QED) is 0.932. The summed E-state index contributed by atoms with van der Waals surface area (Å²) in [5.41, 5.74) is 7.15. The average molecular weight is 304 g/mol. The zero-order valence-electron chi connectivity index (χ0n) is 11.7. The minimum Gasteiger partial charge on any atom is -0.478 e. The summed E-state index contributed by atoms with van der Waals surface area (Å²) < 4.78 is 5.43. The second kappa shape index (κ2) is 6.37. The van der Waals surface area contributed by atoms with E-state index in [2.05, 4.69) is 15.0 Å². The number of nitrogens with zero attached hydrogens (tertiary/aromatic N) is 4. The number of nitrogens with two attached hydrogens (primary N) is 1. The van der Waals surface area contributed by atoms with Crippen LogP contribution in [0, 0.1) is 18.3 Å². The number of hydrogen-bond donors (Lipinski definition) is 1. The highest BCUT2D eigenvalue weighted by molar-refractivity contribution is 6.33. The molecule has 0 aliphatic rings. The van der Waals surface area contributed by atoms with Crippen molar-refractivity contribution in [2.24, 2.45) is 0 Å². The van der Waals surface area contributed by atoms with Crippen molar-refractivity contribution >= 4 is 17.5 Å². The molecule has 0 amide bonds. The van der Waals surface area contributed by atoms with E-state index in [1.54, 1.807) is 19.1 Å². The fraction of sp³-hybridized carbons (Fsp3) is 0.286. The first-order chi connectivity index (χ1) is 10.0. The first kappa shape index (κ1) is 15.0. The van der Waals surface area contributed by atoms with Crippen LogP contribution in [0.4, 0.5) is 5.95 Å². The van der Waals surface area contributed by atoms with Crippen LogP contribution in [0.15, 0.2) is 12.1 Å². The Labute approximate surface area is 127 Å². The van der Waals surface area contributed by atoms with Gasteiger partial charge in [-0.2, -0.15) is 15.2 Å². The van der Waals surface area contributed by atoms with Crippen molar-refractivity contribution in [1.82, 2.24) is 15.0 Å². The van der Waals surface area contributed by atoms with Gasteiger partial charge in [0, 0.05) is 5.56 Å². The second-order valence-corrected chi connectivity index (χ2v) is 4.71. The van der Waals surface area contributed by atoms with E-state index in [0.29, 0.717) is 28.0 Å². The van der Waals surface area contributed by atoms with Gasteiger partial charge in [0.2, 0.25) is 5.95 Å². The van der Waals surface area contributed by atoms with Crippen LogP contribution < -0.4 is 10.5 Å². The van der Waals surface area contributed by atoms with Gasteiger partial charge in [-0.25, -0.2) is 4.98 Å².